The van der Waals surface area contributed by atoms with Crippen LogP contribution in [0.5, 0.6) is 5.75 Å². The Morgan fingerprint density at radius 2 is 1.80 bits per heavy atom. The normalized spacial score (nSPS) is 20.6. The van der Waals surface area contributed by atoms with E-state index in [1.165, 1.54) is 11.8 Å². The Morgan fingerprint density at radius 3 is 2.38 bits per heavy atom. The zero-order valence-electron chi connectivity index (χ0n) is 33.4. The largest absolute Gasteiger partial charge is 0.495 e. The number of likely N-dealkylation sites (N-methyl/N-ethyl adjacent to an activating group) is 1. The van der Waals surface area contributed by atoms with E-state index < -0.39 is 21.4 Å². The number of carbonyl (C=O) groups excluding carboxylic acids is 2. The van der Waals surface area contributed by atoms with Gasteiger partial charge in [-0.2, -0.15) is 0 Å². The van der Waals surface area contributed by atoms with Gasteiger partial charge in [0.15, 0.2) is 17.5 Å². The first-order valence-corrected chi connectivity index (χ1v) is 20.4. The Kier molecular flexibility index (Phi) is 12.2. The molecule has 15 heteroatoms. The van der Waals surface area contributed by atoms with Gasteiger partial charge in [0, 0.05) is 36.3 Å². The lowest BCUT2D eigenvalue weighted by atomic mass is 9.75. The number of hydrogen-bond acceptors (Lipinski definition) is 10. The number of methoxy groups -OCH3 is 1. The van der Waals surface area contributed by atoms with Gasteiger partial charge in [-0.25, -0.2) is 37.4 Å². The summed E-state index contributed by atoms with van der Waals surface area (Å²) in [5.41, 5.74) is 2.48. The van der Waals surface area contributed by atoms with Crippen molar-refractivity contribution in [3.05, 3.63) is 64.9 Å². The van der Waals surface area contributed by atoms with E-state index in [-0.39, 0.29) is 59.1 Å². The van der Waals surface area contributed by atoms with E-state index in [0.29, 0.717) is 41.7 Å². The van der Waals surface area contributed by atoms with Gasteiger partial charge in [-0.1, -0.05) is 41.5 Å². The van der Waals surface area contributed by atoms with Crippen LogP contribution in [0.1, 0.15) is 72.7 Å². The zero-order chi connectivity index (χ0) is 40.4. The number of benzene rings is 2. The van der Waals surface area contributed by atoms with Crippen LogP contribution in [-0.4, -0.2) is 80.0 Å². The average Bonchev–Trinajstić information content (AvgIpc) is 3.65. The number of esters is 1. The van der Waals surface area contributed by atoms with Gasteiger partial charge in [0.05, 0.1) is 31.3 Å². The molecule has 1 aromatic heterocycles. The molecule has 1 saturated carbocycles. The molecule has 3 aromatic rings. The molecule has 2 aromatic carbocycles. The first-order chi connectivity index (χ1) is 25.8. The Balaban J connectivity index is 1.59. The number of carbonyl (C=O) groups is 2. The lowest BCUT2D eigenvalue weighted by Gasteiger charge is -2.37. The Labute approximate surface area is 324 Å². The number of fused-ring (bicyclic) bond motifs is 1. The van der Waals surface area contributed by atoms with Crippen LogP contribution < -0.4 is 19.7 Å². The van der Waals surface area contributed by atoms with E-state index in [9.17, 15) is 18.0 Å². The van der Waals surface area contributed by atoms with E-state index in [1.54, 1.807) is 18.2 Å². The maximum atomic E-state index is 14.2. The predicted octanol–water partition coefficient (Wildman–Crippen LogP) is 6.46. The number of sulfonamides is 1. The lowest BCUT2D eigenvalue weighted by Crippen LogP contribution is -2.37. The third kappa shape index (κ3) is 9.25. The molecule has 2 unspecified atom stereocenters. The zero-order valence-corrected chi connectivity index (χ0v) is 34.2. The number of anilines is 2. The van der Waals surface area contributed by atoms with Crippen molar-refractivity contribution in [2.24, 2.45) is 28.2 Å². The molecule has 0 bridgehead atoms. The molecule has 14 nitrogen and oxygen atoms in total. The van der Waals surface area contributed by atoms with Crippen LogP contribution in [0.3, 0.4) is 0 Å². The summed E-state index contributed by atoms with van der Waals surface area (Å²) in [6.45, 7) is 25.3. The van der Waals surface area contributed by atoms with Crippen LogP contribution in [0.15, 0.2) is 47.1 Å². The van der Waals surface area contributed by atoms with Gasteiger partial charge in [-0.3, -0.25) is 4.79 Å². The number of amides is 1. The summed E-state index contributed by atoms with van der Waals surface area (Å²) in [5, 5.41) is 7.72. The standard InChI is InChI=1S/C40H52N8O6S/c1-12-47(18-17-42-55(11,51)52)28-14-15-29(24(3)21-28)43-37-33(41-9)32(38(49)54-34-25(4)19-23(2)20-26(34)5)36-45-35(46-48(36)37)27-13-16-31(53-10)30(22-27)44-39(50)40(6,7)8/h13-16,21-23,25-26,34,42H,12,17-20H2,1-8,10-11H3,(H,44,50). The van der Waals surface area contributed by atoms with E-state index in [2.05, 4.69) is 35.7 Å². The molecule has 1 amide bonds. The minimum atomic E-state index is -3.32. The van der Waals surface area contributed by atoms with Gasteiger partial charge in [0.2, 0.25) is 21.6 Å². The van der Waals surface area contributed by atoms with Gasteiger partial charge in [0.1, 0.15) is 17.4 Å². The Morgan fingerprint density at radius 1 is 1.11 bits per heavy atom. The smallest absolute Gasteiger partial charge is 0.331 e. The van der Waals surface area contributed by atoms with Crippen molar-refractivity contribution in [3.8, 4) is 17.1 Å². The van der Waals surface area contributed by atoms with Crippen LogP contribution in [0.2, 0.25) is 0 Å². The van der Waals surface area contributed by atoms with Crippen LogP contribution in [0.25, 0.3) is 21.8 Å². The fourth-order valence-electron chi connectivity index (χ4n) is 7.23. The second-order valence-corrected chi connectivity index (χ2v) is 17.5. The van der Waals surface area contributed by atoms with Crippen molar-refractivity contribution in [3.63, 3.8) is 0 Å². The third-order valence-electron chi connectivity index (χ3n) is 10.00. The molecule has 0 radical (unpaired) electrons. The van der Waals surface area contributed by atoms with Crippen molar-refractivity contribution in [1.29, 1.82) is 0 Å². The van der Waals surface area contributed by atoms with E-state index >= 15 is 0 Å². The summed E-state index contributed by atoms with van der Waals surface area (Å²) in [5.74, 6) is 0.876. The summed E-state index contributed by atoms with van der Waals surface area (Å²) < 4.78 is 38.9. The Hall–Kier alpha value is -5.07. The fraction of sp³-hybridized carbons (Fsp3) is 0.500. The summed E-state index contributed by atoms with van der Waals surface area (Å²) in [6.07, 6.45) is 2.65. The highest BCUT2D eigenvalue weighted by Crippen LogP contribution is 2.39. The van der Waals surface area contributed by atoms with Crippen LogP contribution in [0.4, 0.5) is 17.1 Å². The molecular weight excluding hydrogens is 721 g/mol. The number of nitrogens with one attached hydrogen (secondary N) is 2. The maximum absolute atomic E-state index is 14.2. The first kappa shape index (κ1) is 41.1. The molecule has 294 valence electrons. The number of allylic oxidation sites excluding steroid dienone is 1. The van der Waals surface area contributed by atoms with E-state index in [0.717, 1.165) is 30.3 Å². The lowest BCUT2D eigenvalue weighted by molar-refractivity contribution is -0.150. The van der Waals surface area contributed by atoms with Crippen molar-refractivity contribution in [2.75, 3.05) is 43.2 Å². The van der Waals surface area contributed by atoms with Gasteiger partial charge >= 0.3 is 5.97 Å². The second kappa shape index (κ2) is 16.3. The fourth-order valence-corrected chi connectivity index (χ4v) is 7.69. The molecule has 5 rings (SSSR count). The van der Waals surface area contributed by atoms with Gasteiger partial charge in [0.25, 0.3) is 0 Å². The number of aryl methyl sites for hydroxylation is 1. The summed E-state index contributed by atoms with van der Waals surface area (Å²) in [4.78, 5) is 42.7. The quantitative estimate of drug-likeness (QED) is 0.156. The molecule has 2 atom stereocenters. The molecule has 2 heterocycles. The number of ether oxygens (including phenoxy) is 2. The minimum Gasteiger partial charge on any atom is -0.495 e. The molecule has 55 heavy (non-hydrogen) atoms. The van der Waals surface area contributed by atoms with Gasteiger partial charge in [-0.15, -0.1) is 5.10 Å². The predicted molar refractivity (Wildman–Crippen MR) is 215 cm³/mol. The van der Waals surface area contributed by atoms with E-state index in [4.69, 9.17) is 31.1 Å². The summed E-state index contributed by atoms with van der Waals surface area (Å²) >= 11 is 0. The summed E-state index contributed by atoms with van der Waals surface area (Å²) in [7, 11) is -1.81. The molecule has 2 aliphatic rings. The highest BCUT2D eigenvalue weighted by molar-refractivity contribution is 7.88. The van der Waals surface area contributed by atoms with E-state index in [1.807, 2.05) is 57.7 Å². The highest BCUT2D eigenvalue weighted by Gasteiger charge is 2.41. The molecule has 0 saturated heterocycles. The topological polar surface area (TPSA) is 161 Å². The van der Waals surface area contributed by atoms with Gasteiger partial charge < -0.3 is 19.7 Å². The second-order valence-electron chi connectivity index (χ2n) is 15.7. The molecular formula is C40H52N8O6S. The van der Waals surface area contributed by atoms with Crippen molar-refractivity contribution in [1.82, 2.24) is 19.5 Å². The average molecular weight is 773 g/mol. The third-order valence-corrected chi connectivity index (χ3v) is 10.7. The number of nitrogens with zero attached hydrogens (tertiary/aromatic N) is 6. The minimum absolute atomic E-state index is 0.00917. The van der Waals surface area contributed by atoms with Crippen molar-refractivity contribution >= 4 is 50.4 Å². The van der Waals surface area contributed by atoms with Crippen LogP contribution in [0, 0.1) is 36.7 Å². The Bertz CT molecular complexity index is 2170. The number of aromatic nitrogens is 3. The number of hydrogen-bond donors (Lipinski definition) is 2. The SMILES string of the molecule is [C-]#[N+]C1=C(C(=O)OC2C(C)CC(C)CC2C)c2nc(-c3ccc(OC)c(NC(=O)C(C)(C)C)c3)nn2C1=Nc1ccc(N(CC)CCNS(C)(=O)=O)cc1C. The summed E-state index contributed by atoms with van der Waals surface area (Å²) in [6, 6.07) is 10.8. The maximum Gasteiger partial charge on any atom is 0.331 e. The molecule has 1 aliphatic carbocycles. The number of aliphatic imine (C=N–C) groups is 1. The molecule has 0 spiro atoms. The van der Waals surface area contributed by atoms with Crippen LogP contribution in [-0.2, 0) is 24.3 Å². The van der Waals surface area contributed by atoms with Crippen molar-refractivity contribution < 1.29 is 27.5 Å². The van der Waals surface area contributed by atoms with Crippen molar-refractivity contribution in [2.45, 2.75) is 74.3 Å². The molecule has 2 N–H and O–H groups in total. The van der Waals surface area contributed by atoms with Gasteiger partial charge in [-0.05, 0) is 86.4 Å². The molecule has 1 aliphatic heterocycles. The highest BCUT2D eigenvalue weighted by atomic mass is 32.2. The molecule has 1 fully saturated rings. The van der Waals surface area contributed by atoms with Crippen LogP contribution >= 0.6 is 0 Å². The number of rotatable bonds is 12. The monoisotopic (exact) mass is 772 g/mol. The first-order valence-electron chi connectivity index (χ1n) is 18.5.